The zero-order chi connectivity index (χ0) is 13.3. The molecule has 0 aromatic carbocycles. The fourth-order valence-corrected chi connectivity index (χ4v) is 1.71. The molecule has 0 fully saturated rings. The first kappa shape index (κ1) is 12.3. The molecule has 0 unspecified atom stereocenters. The Bertz CT molecular complexity index is 506. The van der Waals surface area contributed by atoms with Crippen molar-refractivity contribution in [1.82, 2.24) is 4.90 Å². The summed E-state index contributed by atoms with van der Waals surface area (Å²) < 4.78 is 38.6. The van der Waals surface area contributed by atoms with E-state index in [1.54, 1.807) is 0 Å². The number of amides is 2. The number of carbonyl (C=O) groups excluding carboxylic acids is 2. The molecule has 0 aromatic rings. The maximum absolute atomic E-state index is 12.9. The fraction of sp³-hybridized carbons (Fsp3) is 0.167. The van der Waals surface area contributed by atoms with Crippen molar-refractivity contribution in [2.24, 2.45) is 0 Å². The van der Waals surface area contributed by atoms with Gasteiger partial charge in [-0.25, -0.2) is 4.90 Å². The number of hydrogen-bond acceptors (Lipinski definition) is 2. The second-order valence-corrected chi connectivity index (χ2v) is 3.68. The van der Waals surface area contributed by atoms with Crippen LogP contribution >= 0.6 is 0 Å². The van der Waals surface area contributed by atoms with E-state index in [-0.39, 0.29) is 6.42 Å². The summed E-state index contributed by atoms with van der Waals surface area (Å²) in [5.41, 5.74) is -1.41. The van der Waals surface area contributed by atoms with Gasteiger partial charge in [-0.3, -0.25) is 9.59 Å². The van der Waals surface area contributed by atoms with Crippen LogP contribution in [-0.4, -0.2) is 22.9 Å². The van der Waals surface area contributed by atoms with Gasteiger partial charge in [-0.2, -0.15) is 13.2 Å². The highest BCUT2D eigenvalue weighted by Crippen LogP contribution is 2.35. The molecule has 0 bridgehead atoms. The van der Waals surface area contributed by atoms with Crippen LogP contribution in [-0.2, 0) is 9.59 Å². The van der Waals surface area contributed by atoms with Gasteiger partial charge in [0.25, 0.3) is 11.8 Å². The Morgan fingerprint density at radius 2 is 1.72 bits per heavy atom. The summed E-state index contributed by atoms with van der Waals surface area (Å²) in [7, 11) is 0. The van der Waals surface area contributed by atoms with E-state index in [0.29, 0.717) is 4.90 Å². The van der Waals surface area contributed by atoms with Gasteiger partial charge in [0.2, 0.25) is 0 Å². The van der Waals surface area contributed by atoms with Crippen LogP contribution < -0.4 is 0 Å². The van der Waals surface area contributed by atoms with Crippen LogP contribution in [0.1, 0.15) is 6.42 Å². The molecule has 0 N–H and O–H groups in total. The number of halogens is 3. The van der Waals surface area contributed by atoms with Gasteiger partial charge in [0.15, 0.2) is 0 Å². The molecule has 1 heterocycles. The summed E-state index contributed by atoms with van der Waals surface area (Å²) in [6.07, 6.45) is 2.35. The molecular weight excluding hydrogens is 247 g/mol. The minimum atomic E-state index is -4.62. The predicted molar refractivity (Wildman–Crippen MR) is 57.0 cm³/mol. The quantitative estimate of drug-likeness (QED) is 0.674. The normalized spacial score (nSPS) is 20.1. The highest BCUT2D eigenvalue weighted by Gasteiger charge is 2.41. The molecule has 2 amide bonds. The van der Waals surface area contributed by atoms with Crippen molar-refractivity contribution in [2.45, 2.75) is 12.6 Å². The molecule has 6 heteroatoms. The second-order valence-electron chi connectivity index (χ2n) is 3.68. The molecular formula is C12H8F3NO2. The van der Waals surface area contributed by atoms with E-state index < -0.39 is 29.3 Å². The molecule has 2 aliphatic rings. The molecule has 18 heavy (non-hydrogen) atoms. The highest BCUT2D eigenvalue weighted by atomic mass is 19.4. The van der Waals surface area contributed by atoms with Crippen molar-refractivity contribution >= 4 is 11.8 Å². The SMILES string of the molecule is O=C1C=CC(=O)N1C1=CCC=CC=C1C(F)(F)F. The maximum Gasteiger partial charge on any atom is 0.418 e. The number of allylic oxidation sites excluding steroid dienone is 5. The fourth-order valence-electron chi connectivity index (χ4n) is 1.71. The summed E-state index contributed by atoms with van der Waals surface area (Å²) in [6.45, 7) is 0. The van der Waals surface area contributed by atoms with Crippen molar-refractivity contribution in [2.75, 3.05) is 0 Å². The third-order valence-electron chi connectivity index (χ3n) is 2.48. The Morgan fingerprint density at radius 1 is 1.11 bits per heavy atom. The first-order valence-corrected chi connectivity index (χ1v) is 5.12. The number of alkyl halides is 3. The first-order chi connectivity index (χ1) is 8.41. The second kappa shape index (κ2) is 4.29. The topological polar surface area (TPSA) is 37.4 Å². The van der Waals surface area contributed by atoms with E-state index in [2.05, 4.69) is 0 Å². The van der Waals surface area contributed by atoms with Gasteiger partial charge in [0, 0.05) is 12.2 Å². The Balaban J connectivity index is 2.45. The molecule has 3 nitrogen and oxygen atoms in total. The van der Waals surface area contributed by atoms with Gasteiger partial charge in [0.05, 0.1) is 11.3 Å². The number of rotatable bonds is 1. The molecule has 94 valence electrons. The number of imide groups is 1. The molecule has 1 aliphatic carbocycles. The molecule has 0 aromatic heterocycles. The van der Waals surface area contributed by atoms with Gasteiger partial charge in [-0.05, 0) is 12.5 Å². The monoisotopic (exact) mass is 255 g/mol. The maximum atomic E-state index is 12.9. The lowest BCUT2D eigenvalue weighted by Crippen LogP contribution is -2.33. The summed E-state index contributed by atoms with van der Waals surface area (Å²) >= 11 is 0. The lowest BCUT2D eigenvalue weighted by atomic mass is 10.1. The molecule has 0 atom stereocenters. The number of nitrogens with zero attached hydrogens (tertiary/aromatic N) is 1. The minimum absolute atomic E-state index is 0.225. The largest absolute Gasteiger partial charge is 0.418 e. The Hall–Kier alpha value is -2.11. The van der Waals surface area contributed by atoms with Crippen molar-refractivity contribution in [1.29, 1.82) is 0 Å². The molecule has 0 saturated carbocycles. The zero-order valence-corrected chi connectivity index (χ0v) is 9.07. The van der Waals surface area contributed by atoms with Gasteiger partial charge in [-0.15, -0.1) is 0 Å². The van der Waals surface area contributed by atoms with Crippen LogP contribution in [0.15, 0.2) is 47.7 Å². The van der Waals surface area contributed by atoms with Crippen LogP contribution in [0, 0.1) is 0 Å². The van der Waals surface area contributed by atoms with Gasteiger partial charge < -0.3 is 0 Å². The van der Waals surface area contributed by atoms with E-state index in [1.807, 2.05) is 0 Å². The molecule has 0 radical (unpaired) electrons. The third-order valence-corrected chi connectivity index (χ3v) is 2.48. The van der Waals surface area contributed by atoms with Gasteiger partial charge in [-0.1, -0.05) is 18.2 Å². The van der Waals surface area contributed by atoms with Crippen LogP contribution in [0.5, 0.6) is 0 Å². The summed E-state index contributed by atoms with van der Waals surface area (Å²) in [4.78, 5) is 23.4. The summed E-state index contributed by atoms with van der Waals surface area (Å²) in [5, 5.41) is 0. The minimum Gasteiger partial charge on any atom is -0.269 e. The molecule has 0 spiro atoms. The van der Waals surface area contributed by atoms with Gasteiger partial charge >= 0.3 is 6.18 Å². The molecule has 1 aliphatic heterocycles. The third kappa shape index (κ3) is 2.13. The number of hydrogen-bond donors (Lipinski definition) is 0. The Kier molecular flexibility index (Phi) is 2.94. The first-order valence-electron chi connectivity index (χ1n) is 5.12. The van der Waals surface area contributed by atoms with Crippen molar-refractivity contribution in [3.63, 3.8) is 0 Å². The molecule has 0 saturated heterocycles. The average Bonchev–Trinajstić information content (AvgIpc) is 2.53. The lowest BCUT2D eigenvalue weighted by molar-refractivity contribution is -0.135. The summed E-state index contributed by atoms with van der Waals surface area (Å²) in [5.74, 6) is -1.52. The Morgan fingerprint density at radius 3 is 2.28 bits per heavy atom. The smallest absolute Gasteiger partial charge is 0.269 e. The van der Waals surface area contributed by atoms with Crippen molar-refractivity contribution < 1.29 is 22.8 Å². The highest BCUT2D eigenvalue weighted by molar-refractivity contribution is 6.14. The van der Waals surface area contributed by atoms with E-state index in [9.17, 15) is 22.8 Å². The van der Waals surface area contributed by atoms with Crippen LogP contribution in [0.4, 0.5) is 13.2 Å². The van der Waals surface area contributed by atoms with E-state index >= 15 is 0 Å². The lowest BCUT2D eigenvalue weighted by Gasteiger charge is -2.21. The van der Waals surface area contributed by atoms with Crippen LogP contribution in [0.3, 0.4) is 0 Å². The van der Waals surface area contributed by atoms with E-state index in [4.69, 9.17) is 0 Å². The Labute approximate surface area is 101 Å². The standard InChI is InChI=1S/C12H8F3NO2/c13-12(14,15)8-4-2-1-3-5-9(8)16-10(17)6-7-11(16)18/h1-2,4-7H,3H2. The average molecular weight is 255 g/mol. The summed E-state index contributed by atoms with van der Waals surface area (Å²) in [6, 6.07) is 0. The zero-order valence-electron chi connectivity index (χ0n) is 9.07. The predicted octanol–water partition coefficient (Wildman–Crippen LogP) is 2.24. The van der Waals surface area contributed by atoms with Crippen LogP contribution in [0.2, 0.25) is 0 Å². The number of carbonyl (C=O) groups is 2. The van der Waals surface area contributed by atoms with E-state index in [0.717, 1.165) is 18.2 Å². The molecule has 2 rings (SSSR count). The van der Waals surface area contributed by atoms with Gasteiger partial charge in [0.1, 0.15) is 0 Å². The van der Waals surface area contributed by atoms with Crippen molar-refractivity contribution in [3.05, 3.63) is 47.7 Å². The van der Waals surface area contributed by atoms with E-state index in [1.165, 1.54) is 18.2 Å². The van der Waals surface area contributed by atoms with Crippen molar-refractivity contribution in [3.8, 4) is 0 Å². The van der Waals surface area contributed by atoms with Crippen LogP contribution in [0.25, 0.3) is 0 Å².